The molecule has 2 saturated carbocycles. The van der Waals surface area contributed by atoms with Crippen LogP contribution < -0.4 is 0 Å². The van der Waals surface area contributed by atoms with E-state index in [9.17, 15) is 15.0 Å². The fourth-order valence-electron chi connectivity index (χ4n) is 6.21. The van der Waals surface area contributed by atoms with Crippen LogP contribution in [-0.2, 0) is 14.9 Å². The number of phenolic OH excluding ortho intramolecular Hbond substituents is 1. The lowest BCUT2D eigenvalue weighted by molar-refractivity contribution is -0.151. The van der Waals surface area contributed by atoms with Crippen molar-refractivity contribution in [2.75, 3.05) is 0 Å². The quantitative estimate of drug-likeness (QED) is 0.779. The minimum Gasteiger partial charge on any atom is -0.507 e. The largest absolute Gasteiger partial charge is 0.507 e. The molecule has 4 aliphatic rings. The Hall–Kier alpha value is -1.81. The predicted octanol–water partition coefficient (Wildman–Crippen LogP) is 2.99. The molecule has 3 fully saturated rings. The van der Waals surface area contributed by atoms with Crippen molar-refractivity contribution in [3.05, 3.63) is 34.9 Å². The summed E-state index contributed by atoms with van der Waals surface area (Å²) in [6.45, 7) is 7.71. The third-order valence-corrected chi connectivity index (χ3v) is 7.32. The van der Waals surface area contributed by atoms with E-state index in [2.05, 4.69) is 6.58 Å². The maximum Gasteiger partial charge on any atom is 0.312 e. The van der Waals surface area contributed by atoms with Crippen molar-refractivity contribution in [2.24, 2.45) is 17.3 Å². The van der Waals surface area contributed by atoms with Crippen LogP contribution in [0.1, 0.15) is 54.5 Å². The molecule has 4 nitrogen and oxygen atoms in total. The van der Waals surface area contributed by atoms with Gasteiger partial charge in [0.15, 0.2) is 0 Å². The van der Waals surface area contributed by atoms with Crippen molar-refractivity contribution < 1.29 is 19.7 Å². The molecule has 1 spiro atoms. The Bertz CT molecular complexity index is 812. The summed E-state index contributed by atoms with van der Waals surface area (Å²) in [5.41, 5.74) is 2.42. The molecule has 0 radical (unpaired) electrons. The van der Waals surface area contributed by atoms with E-state index >= 15 is 0 Å². The summed E-state index contributed by atoms with van der Waals surface area (Å²) in [6, 6.07) is 1.94. The van der Waals surface area contributed by atoms with Gasteiger partial charge in [0.2, 0.25) is 0 Å². The molecule has 0 amide bonds. The van der Waals surface area contributed by atoms with Gasteiger partial charge < -0.3 is 14.9 Å². The number of benzene rings is 1. The fraction of sp³-hybridized carbons (Fsp3) is 0.550. The zero-order valence-corrected chi connectivity index (χ0v) is 14.0. The number of fused-ring (bicyclic) bond motifs is 1. The second kappa shape index (κ2) is 4.05. The number of aliphatic hydroxyl groups excluding tert-OH is 1. The van der Waals surface area contributed by atoms with E-state index < -0.39 is 17.6 Å². The van der Waals surface area contributed by atoms with E-state index in [4.69, 9.17) is 4.74 Å². The predicted molar refractivity (Wildman–Crippen MR) is 88.4 cm³/mol. The molecule has 0 bridgehead atoms. The van der Waals surface area contributed by atoms with E-state index in [1.54, 1.807) is 6.08 Å². The van der Waals surface area contributed by atoms with Crippen molar-refractivity contribution in [3.8, 4) is 5.75 Å². The van der Waals surface area contributed by atoms with E-state index in [-0.39, 0.29) is 23.1 Å². The van der Waals surface area contributed by atoms with Crippen LogP contribution in [0, 0.1) is 24.2 Å². The summed E-state index contributed by atoms with van der Waals surface area (Å²) in [5, 5.41) is 21.9. The Labute approximate surface area is 141 Å². The Kier molecular flexibility index (Phi) is 2.45. The van der Waals surface area contributed by atoms with Crippen LogP contribution in [0.15, 0.2) is 12.6 Å². The van der Waals surface area contributed by atoms with Gasteiger partial charge in [0.05, 0.1) is 5.41 Å². The van der Waals surface area contributed by atoms with Gasteiger partial charge in [-0.25, -0.2) is 0 Å². The van der Waals surface area contributed by atoms with Gasteiger partial charge in [-0.3, -0.25) is 4.79 Å². The van der Waals surface area contributed by atoms with Crippen LogP contribution in [0.25, 0.3) is 6.08 Å². The standard InChI is InChI=1S/C20H22O4/c1-4-11-9(2)7-12-13(14(11)21)20-8-10(20)5-6-19(3)17(20)16(15(12)22)24-18(19)23/h4,7,10,15-17,21-22H,1,5-6,8H2,2-3H3. The maximum absolute atomic E-state index is 12.6. The number of phenols is 1. The average Bonchev–Trinajstić information content (AvgIpc) is 3.18. The number of aromatic hydroxyl groups is 1. The third kappa shape index (κ3) is 1.32. The number of hydrogen-bond donors (Lipinski definition) is 2. The topological polar surface area (TPSA) is 66.8 Å². The number of carbonyl (C=O) groups is 1. The molecule has 1 heterocycles. The van der Waals surface area contributed by atoms with E-state index in [0.29, 0.717) is 5.92 Å². The summed E-state index contributed by atoms with van der Waals surface area (Å²) in [4.78, 5) is 12.6. The second-order valence-corrected chi connectivity index (χ2v) is 8.31. The molecule has 4 heteroatoms. The molecule has 0 aromatic heterocycles. The second-order valence-electron chi connectivity index (χ2n) is 8.31. The molecule has 5 rings (SSSR count). The lowest BCUT2D eigenvalue weighted by Crippen LogP contribution is -2.49. The minimum atomic E-state index is -0.871. The average molecular weight is 326 g/mol. The molecule has 2 N–H and O–H groups in total. The molecule has 126 valence electrons. The molecule has 6 atom stereocenters. The highest BCUT2D eigenvalue weighted by molar-refractivity contribution is 5.82. The number of rotatable bonds is 1. The van der Waals surface area contributed by atoms with Crippen LogP contribution in [-0.4, -0.2) is 22.3 Å². The van der Waals surface area contributed by atoms with Gasteiger partial charge in [-0.1, -0.05) is 18.7 Å². The number of aryl methyl sites for hydroxylation is 1. The summed E-state index contributed by atoms with van der Waals surface area (Å²) in [6.07, 6.45) is 3.06. The highest BCUT2D eigenvalue weighted by atomic mass is 16.6. The van der Waals surface area contributed by atoms with Crippen LogP contribution in [0.3, 0.4) is 0 Å². The van der Waals surface area contributed by atoms with Crippen LogP contribution >= 0.6 is 0 Å². The molecule has 3 aliphatic carbocycles. The maximum atomic E-state index is 12.6. The summed E-state index contributed by atoms with van der Waals surface area (Å²) >= 11 is 0. The van der Waals surface area contributed by atoms with E-state index in [1.165, 1.54) is 0 Å². The number of carbonyl (C=O) groups excluding carboxylic acids is 1. The first-order valence-electron chi connectivity index (χ1n) is 8.75. The number of ether oxygens (including phenoxy) is 1. The molecule has 1 aromatic carbocycles. The highest BCUT2D eigenvalue weighted by Crippen LogP contribution is 2.76. The number of esters is 1. The van der Waals surface area contributed by atoms with Gasteiger partial charge in [0.1, 0.15) is 18.0 Å². The monoisotopic (exact) mass is 326 g/mol. The summed E-state index contributed by atoms with van der Waals surface area (Å²) in [5.74, 6) is 0.466. The molecule has 24 heavy (non-hydrogen) atoms. The van der Waals surface area contributed by atoms with Gasteiger partial charge in [-0.05, 0) is 50.2 Å². The Morgan fingerprint density at radius 2 is 2.21 bits per heavy atom. The zero-order valence-electron chi connectivity index (χ0n) is 14.0. The van der Waals surface area contributed by atoms with Gasteiger partial charge in [0, 0.05) is 22.5 Å². The fourth-order valence-corrected chi connectivity index (χ4v) is 6.21. The molecule has 6 unspecified atom stereocenters. The SMILES string of the molecule is C=Cc1c(C)cc2c(c1O)C13CC1CCC1(C)C(=O)OC(C2O)C13. The smallest absolute Gasteiger partial charge is 0.312 e. The van der Waals surface area contributed by atoms with Crippen LogP contribution in [0.5, 0.6) is 5.75 Å². The molecular formula is C20H22O4. The van der Waals surface area contributed by atoms with E-state index in [0.717, 1.165) is 41.5 Å². The lowest BCUT2D eigenvalue weighted by atomic mass is 9.55. The van der Waals surface area contributed by atoms with Gasteiger partial charge in [-0.15, -0.1) is 0 Å². The van der Waals surface area contributed by atoms with Crippen LogP contribution in [0.4, 0.5) is 0 Å². The summed E-state index contributed by atoms with van der Waals surface area (Å²) < 4.78 is 5.69. The summed E-state index contributed by atoms with van der Waals surface area (Å²) in [7, 11) is 0. The van der Waals surface area contributed by atoms with Gasteiger partial charge >= 0.3 is 5.97 Å². The van der Waals surface area contributed by atoms with Crippen molar-refractivity contribution in [1.82, 2.24) is 0 Å². The van der Waals surface area contributed by atoms with Crippen LogP contribution in [0.2, 0.25) is 0 Å². The lowest BCUT2D eigenvalue weighted by Gasteiger charge is -2.46. The molecular weight excluding hydrogens is 304 g/mol. The Morgan fingerprint density at radius 3 is 2.92 bits per heavy atom. The number of aliphatic hydroxyl groups is 1. The van der Waals surface area contributed by atoms with Crippen molar-refractivity contribution in [2.45, 2.75) is 50.7 Å². The Balaban J connectivity index is 1.84. The molecule has 1 saturated heterocycles. The normalized spacial score (nSPS) is 44.2. The van der Waals surface area contributed by atoms with Crippen molar-refractivity contribution >= 4 is 12.0 Å². The Morgan fingerprint density at radius 1 is 1.46 bits per heavy atom. The highest BCUT2D eigenvalue weighted by Gasteiger charge is 2.77. The van der Waals surface area contributed by atoms with Crippen molar-refractivity contribution in [3.63, 3.8) is 0 Å². The van der Waals surface area contributed by atoms with Gasteiger partial charge in [-0.2, -0.15) is 0 Å². The third-order valence-electron chi connectivity index (χ3n) is 7.32. The van der Waals surface area contributed by atoms with Crippen molar-refractivity contribution in [1.29, 1.82) is 0 Å². The first kappa shape index (κ1) is 14.5. The minimum absolute atomic E-state index is 0.0509. The molecule has 1 aromatic rings. The van der Waals surface area contributed by atoms with Gasteiger partial charge in [0.25, 0.3) is 0 Å². The molecule has 1 aliphatic heterocycles. The van der Waals surface area contributed by atoms with E-state index in [1.807, 2.05) is 19.9 Å². The first-order chi connectivity index (χ1) is 11.4. The first-order valence-corrected chi connectivity index (χ1v) is 8.75. The zero-order chi connectivity index (χ0) is 17.0. The number of hydrogen-bond acceptors (Lipinski definition) is 4.